The van der Waals surface area contributed by atoms with Gasteiger partial charge in [-0.1, -0.05) is 42.5 Å². The predicted octanol–water partition coefficient (Wildman–Crippen LogP) is 0.00150. The molecule has 0 saturated carbocycles. The van der Waals surface area contributed by atoms with Gasteiger partial charge in [0, 0.05) is 13.0 Å². The van der Waals surface area contributed by atoms with Crippen molar-refractivity contribution in [3.05, 3.63) is 65.7 Å². The molecule has 1 aliphatic rings. The van der Waals surface area contributed by atoms with Crippen molar-refractivity contribution < 1.29 is 33.8 Å². The van der Waals surface area contributed by atoms with Crippen molar-refractivity contribution in [2.24, 2.45) is 0 Å². The van der Waals surface area contributed by atoms with Crippen molar-refractivity contribution in [2.75, 3.05) is 40.0 Å². The van der Waals surface area contributed by atoms with Crippen LogP contribution in [-0.2, 0) is 36.8 Å². The molecule has 4 N–H and O–H groups in total. The highest BCUT2D eigenvalue weighted by atomic mass is 16.6. The maximum Gasteiger partial charge on any atom is 0.234 e. The molecule has 0 aliphatic carbocycles. The zero-order valence-corrected chi connectivity index (χ0v) is 21.7. The number of aldehydes is 1. The Hall–Kier alpha value is -3.44. The number of nitrogens with one attached hydrogen (secondary N) is 3. The van der Waals surface area contributed by atoms with Gasteiger partial charge in [-0.2, -0.15) is 0 Å². The van der Waals surface area contributed by atoms with Gasteiger partial charge in [-0.15, -0.1) is 0 Å². The highest BCUT2D eigenvalue weighted by molar-refractivity contribution is 5.94. The molecular formula is C28H35N3O7. The number of ether oxygens (including phenoxy) is 2. The zero-order valence-electron chi connectivity index (χ0n) is 21.7. The molecule has 10 nitrogen and oxygen atoms in total. The lowest BCUT2D eigenvalue weighted by Crippen LogP contribution is -2.61. The molecule has 1 heterocycles. The second-order valence-electron chi connectivity index (χ2n) is 9.65. The molecule has 2 aromatic carbocycles. The molecule has 3 rings (SSSR count). The molecule has 3 unspecified atom stereocenters. The first-order valence-electron chi connectivity index (χ1n) is 12.4. The lowest BCUT2D eigenvalue weighted by Gasteiger charge is -2.32. The van der Waals surface area contributed by atoms with Crippen LogP contribution in [0.25, 0.3) is 0 Å². The van der Waals surface area contributed by atoms with E-state index in [9.17, 15) is 19.2 Å². The summed E-state index contributed by atoms with van der Waals surface area (Å²) >= 11 is 0. The smallest absolute Gasteiger partial charge is 0.234 e. The van der Waals surface area contributed by atoms with E-state index in [4.69, 9.17) is 14.6 Å². The minimum Gasteiger partial charge on any atom is -0.497 e. The molecule has 0 spiro atoms. The number of methoxy groups -OCH3 is 1. The van der Waals surface area contributed by atoms with E-state index in [0.29, 0.717) is 25.1 Å². The van der Waals surface area contributed by atoms with E-state index in [2.05, 4.69) is 16.0 Å². The van der Waals surface area contributed by atoms with Gasteiger partial charge in [-0.05, 0) is 36.6 Å². The third-order valence-corrected chi connectivity index (χ3v) is 6.44. The zero-order chi connectivity index (χ0) is 27.6. The van der Waals surface area contributed by atoms with Crippen LogP contribution in [0.3, 0.4) is 0 Å². The Kier molecular flexibility index (Phi) is 10.3. The number of hydrogen-bond acceptors (Lipinski definition) is 9. The standard InChI is InChI=1S/C28H35N3O7/c1-27(19-38-27)26(36)24(12-20-6-4-3-5-7-20)30-17-28(18-33,13-21-8-10-23(37-2)11-9-21)31-25(35)15-29-14-22(34)16-32/h3-11,18,24,29-30,32H,12-17,19H2,1-2H3,(H,31,35). The van der Waals surface area contributed by atoms with E-state index in [1.807, 2.05) is 30.3 Å². The number of aliphatic hydroxyl groups is 1. The molecule has 0 radical (unpaired) electrons. The molecule has 10 heteroatoms. The fraction of sp³-hybridized carbons (Fsp3) is 0.429. The Morgan fingerprint density at radius 3 is 2.37 bits per heavy atom. The van der Waals surface area contributed by atoms with Crippen molar-refractivity contribution in [1.29, 1.82) is 0 Å². The van der Waals surface area contributed by atoms with Crippen molar-refractivity contribution in [1.82, 2.24) is 16.0 Å². The van der Waals surface area contributed by atoms with Crippen molar-refractivity contribution in [2.45, 2.75) is 36.9 Å². The average molecular weight is 526 g/mol. The van der Waals surface area contributed by atoms with Gasteiger partial charge >= 0.3 is 0 Å². The Balaban J connectivity index is 1.80. The van der Waals surface area contributed by atoms with E-state index >= 15 is 0 Å². The van der Waals surface area contributed by atoms with Crippen LogP contribution in [0.2, 0.25) is 0 Å². The number of amides is 1. The number of Topliss-reactive ketones (excluding diaryl/α,β-unsaturated/α-hetero) is 2. The summed E-state index contributed by atoms with van der Waals surface area (Å²) in [5, 5.41) is 17.5. The van der Waals surface area contributed by atoms with Crippen LogP contribution >= 0.6 is 0 Å². The van der Waals surface area contributed by atoms with Crippen LogP contribution in [0.4, 0.5) is 0 Å². The largest absolute Gasteiger partial charge is 0.497 e. The molecule has 1 fully saturated rings. The van der Waals surface area contributed by atoms with Crippen LogP contribution in [0.15, 0.2) is 54.6 Å². The normalized spacial score (nSPS) is 18.6. The number of hydrogen-bond donors (Lipinski definition) is 4. The fourth-order valence-electron chi connectivity index (χ4n) is 4.10. The second kappa shape index (κ2) is 13.4. The van der Waals surface area contributed by atoms with Crippen molar-refractivity contribution >= 4 is 23.8 Å². The number of rotatable bonds is 17. The van der Waals surface area contributed by atoms with E-state index < -0.39 is 35.5 Å². The van der Waals surface area contributed by atoms with Crippen molar-refractivity contribution in [3.8, 4) is 5.75 Å². The van der Waals surface area contributed by atoms with E-state index in [1.165, 1.54) is 0 Å². The molecular weight excluding hydrogens is 490 g/mol. The minimum atomic E-state index is -1.39. The number of epoxide rings is 1. The molecule has 1 amide bonds. The van der Waals surface area contributed by atoms with Gasteiger partial charge in [0.2, 0.25) is 5.91 Å². The number of carbonyl (C=O) groups excluding carboxylic acids is 4. The molecule has 204 valence electrons. The van der Waals surface area contributed by atoms with E-state index in [1.54, 1.807) is 38.3 Å². The minimum absolute atomic E-state index is 0.0246. The summed E-state index contributed by atoms with van der Waals surface area (Å²) in [5.74, 6) is -0.448. The lowest BCUT2D eigenvalue weighted by molar-refractivity contribution is -0.127. The highest BCUT2D eigenvalue weighted by Gasteiger charge is 2.50. The first-order valence-corrected chi connectivity index (χ1v) is 12.4. The Bertz CT molecular complexity index is 1100. The fourth-order valence-corrected chi connectivity index (χ4v) is 4.10. The van der Waals surface area contributed by atoms with Gasteiger partial charge < -0.3 is 35.3 Å². The maximum atomic E-state index is 13.3. The monoisotopic (exact) mass is 525 g/mol. The summed E-state index contributed by atoms with van der Waals surface area (Å²) in [5.41, 5.74) is -0.559. The highest BCUT2D eigenvalue weighted by Crippen LogP contribution is 2.29. The molecule has 38 heavy (non-hydrogen) atoms. The van der Waals surface area contributed by atoms with Gasteiger partial charge in [-0.25, -0.2) is 0 Å². The van der Waals surface area contributed by atoms with Crippen molar-refractivity contribution in [3.63, 3.8) is 0 Å². The van der Waals surface area contributed by atoms with Crippen LogP contribution in [0.5, 0.6) is 5.75 Å². The lowest BCUT2D eigenvalue weighted by atomic mass is 9.89. The van der Waals surface area contributed by atoms with E-state index in [0.717, 1.165) is 11.1 Å². The predicted molar refractivity (Wildman–Crippen MR) is 140 cm³/mol. The summed E-state index contributed by atoms with van der Waals surface area (Å²) in [6.45, 7) is 0.999. The van der Waals surface area contributed by atoms with Gasteiger partial charge in [0.15, 0.2) is 11.6 Å². The Labute approximate surface area is 222 Å². The molecule has 3 atom stereocenters. The first-order chi connectivity index (χ1) is 18.2. The van der Waals surface area contributed by atoms with Crippen LogP contribution in [0, 0.1) is 0 Å². The first kappa shape index (κ1) is 29.1. The van der Waals surface area contributed by atoms with Gasteiger partial charge in [0.1, 0.15) is 29.8 Å². The van der Waals surface area contributed by atoms with Gasteiger partial charge in [0.25, 0.3) is 0 Å². The van der Waals surface area contributed by atoms with E-state index in [-0.39, 0.29) is 31.8 Å². The molecule has 1 saturated heterocycles. The third kappa shape index (κ3) is 8.29. The molecule has 0 aromatic heterocycles. The average Bonchev–Trinajstić information content (AvgIpc) is 3.69. The van der Waals surface area contributed by atoms with Crippen LogP contribution in [0.1, 0.15) is 18.1 Å². The number of benzene rings is 2. The quantitative estimate of drug-likeness (QED) is 0.166. The molecule has 2 aromatic rings. The van der Waals surface area contributed by atoms with Gasteiger partial charge in [0.05, 0.1) is 32.8 Å². The molecule has 0 bridgehead atoms. The number of carbonyl (C=O) groups is 4. The summed E-state index contributed by atoms with van der Waals surface area (Å²) in [6, 6.07) is 16.0. The number of ketones is 2. The molecule has 1 aliphatic heterocycles. The summed E-state index contributed by atoms with van der Waals surface area (Å²) in [4.78, 5) is 50.0. The third-order valence-electron chi connectivity index (χ3n) is 6.44. The Morgan fingerprint density at radius 2 is 1.79 bits per heavy atom. The van der Waals surface area contributed by atoms with Gasteiger partial charge in [-0.3, -0.25) is 14.4 Å². The summed E-state index contributed by atoms with van der Waals surface area (Å²) in [7, 11) is 1.55. The number of aliphatic hydroxyl groups excluding tert-OH is 1. The maximum absolute atomic E-state index is 13.3. The van der Waals surface area contributed by atoms with Crippen LogP contribution < -0.4 is 20.7 Å². The Morgan fingerprint density at radius 1 is 1.11 bits per heavy atom. The summed E-state index contributed by atoms with van der Waals surface area (Å²) < 4.78 is 10.6. The second-order valence-corrected chi connectivity index (χ2v) is 9.65. The van der Waals surface area contributed by atoms with Crippen LogP contribution in [-0.4, -0.2) is 86.0 Å². The SMILES string of the molecule is COc1ccc(CC(C=O)(CNC(Cc2ccccc2)C(=O)C2(C)CO2)NC(=O)CNCC(=O)CO)cc1. The summed E-state index contributed by atoms with van der Waals surface area (Å²) in [6.07, 6.45) is 1.20. The topological polar surface area (TPSA) is 146 Å².